The Hall–Kier alpha value is -0.610. The first kappa shape index (κ1) is 14.5. The largest absolute Gasteiger partial charge is 0.381 e. The fourth-order valence-electron chi connectivity index (χ4n) is 1.92. The van der Waals surface area contributed by atoms with Gasteiger partial charge >= 0.3 is 0 Å². The molecule has 0 atom stereocenters. The molecule has 4 heteroatoms. The number of carbonyl (C=O) groups is 1. The van der Waals surface area contributed by atoms with Crippen molar-refractivity contribution in [3.63, 3.8) is 0 Å². The average molecular weight is 242 g/mol. The van der Waals surface area contributed by atoms with E-state index in [-0.39, 0.29) is 17.4 Å². The molecule has 1 N–H and O–H groups in total. The molecule has 17 heavy (non-hydrogen) atoms. The van der Waals surface area contributed by atoms with Crippen molar-refractivity contribution in [2.75, 3.05) is 33.4 Å². The Kier molecular flexibility index (Phi) is 5.40. The highest BCUT2D eigenvalue weighted by Crippen LogP contribution is 2.28. The zero-order chi connectivity index (χ0) is 12.9. The second-order valence-electron chi connectivity index (χ2n) is 5.62. The van der Waals surface area contributed by atoms with E-state index in [0.717, 1.165) is 32.6 Å². The highest BCUT2D eigenvalue weighted by atomic mass is 16.5. The number of nitrogens with one attached hydrogen (secondary N) is 1. The van der Waals surface area contributed by atoms with E-state index in [1.165, 1.54) is 0 Å². The summed E-state index contributed by atoms with van der Waals surface area (Å²) in [6, 6.07) is 0.267. The normalized spacial score (nSPS) is 19.4. The van der Waals surface area contributed by atoms with Crippen LogP contribution in [0.2, 0.25) is 0 Å². The van der Waals surface area contributed by atoms with Crippen molar-refractivity contribution in [1.82, 2.24) is 10.2 Å². The Balaban J connectivity index is 2.25. The van der Waals surface area contributed by atoms with Crippen LogP contribution in [0.5, 0.6) is 0 Å². The summed E-state index contributed by atoms with van der Waals surface area (Å²) in [7, 11) is 1.85. The number of likely N-dealkylation sites (N-methyl/N-ethyl adjacent to an activating group) is 1. The molecule has 0 aromatic heterocycles. The van der Waals surface area contributed by atoms with Crippen molar-refractivity contribution >= 4 is 5.91 Å². The topological polar surface area (TPSA) is 41.6 Å². The van der Waals surface area contributed by atoms with Crippen molar-refractivity contribution in [3.05, 3.63) is 0 Å². The number of amides is 1. The van der Waals surface area contributed by atoms with Crippen LogP contribution < -0.4 is 5.32 Å². The van der Waals surface area contributed by atoms with Crippen molar-refractivity contribution < 1.29 is 9.53 Å². The molecule has 0 radical (unpaired) electrons. The number of carbonyl (C=O) groups excluding carboxylic acids is 1. The second kappa shape index (κ2) is 6.36. The number of nitrogens with zero attached hydrogens (tertiary/aromatic N) is 1. The molecule has 0 saturated carbocycles. The first-order valence-electron chi connectivity index (χ1n) is 6.49. The van der Waals surface area contributed by atoms with Crippen LogP contribution in [-0.2, 0) is 9.53 Å². The molecular weight excluding hydrogens is 216 g/mol. The summed E-state index contributed by atoms with van der Waals surface area (Å²) >= 11 is 0. The first-order valence-corrected chi connectivity index (χ1v) is 6.49. The van der Waals surface area contributed by atoms with Crippen LogP contribution in [0, 0.1) is 5.41 Å². The van der Waals surface area contributed by atoms with Gasteiger partial charge in [0, 0.05) is 32.8 Å². The Bertz CT molecular complexity index is 248. The maximum atomic E-state index is 11.8. The molecule has 100 valence electrons. The van der Waals surface area contributed by atoms with Gasteiger partial charge < -0.3 is 15.0 Å². The molecule has 1 saturated heterocycles. The van der Waals surface area contributed by atoms with Crippen LogP contribution in [0.3, 0.4) is 0 Å². The Morgan fingerprint density at radius 3 is 2.53 bits per heavy atom. The highest BCUT2D eigenvalue weighted by Gasteiger charge is 2.27. The van der Waals surface area contributed by atoms with E-state index in [0.29, 0.717) is 6.54 Å². The highest BCUT2D eigenvalue weighted by molar-refractivity contribution is 5.78. The van der Waals surface area contributed by atoms with Gasteiger partial charge in [-0.1, -0.05) is 6.92 Å². The first-order chi connectivity index (χ1) is 7.94. The summed E-state index contributed by atoms with van der Waals surface area (Å²) in [6.45, 7) is 9.34. The molecule has 1 rings (SSSR count). The SMILES string of the molecule is CC(C)N(C)C(=O)CNCC1(C)CCOCC1. The summed E-state index contributed by atoms with van der Waals surface area (Å²) in [5.74, 6) is 0.163. The molecule has 0 aromatic carbocycles. The van der Waals surface area contributed by atoms with E-state index in [1.807, 2.05) is 20.9 Å². The molecule has 4 nitrogen and oxygen atoms in total. The number of rotatable bonds is 5. The molecule has 0 aromatic rings. The fourth-order valence-corrected chi connectivity index (χ4v) is 1.92. The molecule has 0 bridgehead atoms. The van der Waals surface area contributed by atoms with Crippen LogP contribution in [0.4, 0.5) is 0 Å². The monoisotopic (exact) mass is 242 g/mol. The van der Waals surface area contributed by atoms with Gasteiger partial charge in [-0.05, 0) is 32.1 Å². The van der Waals surface area contributed by atoms with Gasteiger partial charge in [-0.2, -0.15) is 0 Å². The summed E-state index contributed by atoms with van der Waals surface area (Å²) in [5, 5.41) is 3.28. The number of ether oxygens (including phenoxy) is 1. The van der Waals surface area contributed by atoms with Gasteiger partial charge in [-0.3, -0.25) is 4.79 Å². The van der Waals surface area contributed by atoms with E-state index in [2.05, 4.69) is 12.2 Å². The minimum Gasteiger partial charge on any atom is -0.381 e. The summed E-state index contributed by atoms with van der Waals surface area (Å²) < 4.78 is 5.36. The van der Waals surface area contributed by atoms with Crippen LogP contribution in [0.25, 0.3) is 0 Å². The minimum atomic E-state index is 0.163. The molecule has 1 fully saturated rings. The lowest BCUT2D eigenvalue weighted by Gasteiger charge is -2.34. The third kappa shape index (κ3) is 4.64. The zero-order valence-electron chi connectivity index (χ0n) is 11.6. The van der Waals surface area contributed by atoms with Crippen molar-refractivity contribution in [3.8, 4) is 0 Å². The lowest BCUT2D eigenvalue weighted by molar-refractivity contribution is -0.130. The lowest BCUT2D eigenvalue weighted by atomic mass is 9.82. The molecule has 0 unspecified atom stereocenters. The second-order valence-corrected chi connectivity index (χ2v) is 5.62. The maximum Gasteiger partial charge on any atom is 0.236 e. The van der Waals surface area contributed by atoms with Gasteiger partial charge in [0.2, 0.25) is 5.91 Å². The summed E-state index contributed by atoms with van der Waals surface area (Å²) in [5.41, 5.74) is 0.287. The van der Waals surface area contributed by atoms with Crippen LogP contribution >= 0.6 is 0 Å². The standard InChI is InChI=1S/C13H26N2O2/c1-11(2)15(4)12(16)9-14-10-13(3)5-7-17-8-6-13/h11,14H,5-10H2,1-4H3. The minimum absolute atomic E-state index is 0.163. The van der Waals surface area contributed by atoms with Crippen molar-refractivity contribution in [2.45, 2.75) is 39.7 Å². The lowest BCUT2D eigenvalue weighted by Crippen LogP contribution is -2.43. The molecule has 0 aliphatic carbocycles. The van der Waals surface area contributed by atoms with Gasteiger partial charge in [-0.15, -0.1) is 0 Å². The van der Waals surface area contributed by atoms with Gasteiger partial charge in [-0.25, -0.2) is 0 Å². The van der Waals surface area contributed by atoms with Gasteiger partial charge in [0.25, 0.3) is 0 Å². The maximum absolute atomic E-state index is 11.8. The summed E-state index contributed by atoms with van der Waals surface area (Å²) in [4.78, 5) is 13.5. The quantitative estimate of drug-likeness (QED) is 0.789. The van der Waals surface area contributed by atoms with Crippen LogP contribution in [0.15, 0.2) is 0 Å². The molecule has 1 amide bonds. The predicted octanol–water partition coefficient (Wildman–Crippen LogP) is 1.26. The fraction of sp³-hybridized carbons (Fsp3) is 0.923. The van der Waals surface area contributed by atoms with Crippen molar-refractivity contribution in [2.24, 2.45) is 5.41 Å². The number of hydrogen-bond acceptors (Lipinski definition) is 3. The Morgan fingerprint density at radius 1 is 1.41 bits per heavy atom. The molecule has 1 aliphatic rings. The third-order valence-electron chi connectivity index (χ3n) is 3.70. The van der Waals surface area contributed by atoms with E-state index >= 15 is 0 Å². The third-order valence-corrected chi connectivity index (χ3v) is 3.70. The number of hydrogen-bond donors (Lipinski definition) is 1. The molecule has 0 spiro atoms. The van der Waals surface area contributed by atoms with E-state index in [4.69, 9.17) is 4.74 Å². The zero-order valence-corrected chi connectivity index (χ0v) is 11.6. The molecule has 1 heterocycles. The van der Waals surface area contributed by atoms with Crippen LogP contribution in [0.1, 0.15) is 33.6 Å². The average Bonchev–Trinajstić information content (AvgIpc) is 2.28. The molecular formula is C13H26N2O2. The Labute approximate surface area is 105 Å². The van der Waals surface area contributed by atoms with Crippen molar-refractivity contribution in [1.29, 1.82) is 0 Å². The van der Waals surface area contributed by atoms with E-state index in [1.54, 1.807) is 4.90 Å². The van der Waals surface area contributed by atoms with Gasteiger partial charge in [0.05, 0.1) is 6.54 Å². The van der Waals surface area contributed by atoms with E-state index in [9.17, 15) is 4.79 Å². The smallest absolute Gasteiger partial charge is 0.236 e. The predicted molar refractivity (Wildman–Crippen MR) is 68.9 cm³/mol. The van der Waals surface area contributed by atoms with Gasteiger partial charge in [0.1, 0.15) is 0 Å². The molecule has 1 aliphatic heterocycles. The van der Waals surface area contributed by atoms with E-state index < -0.39 is 0 Å². The van der Waals surface area contributed by atoms with Crippen LogP contribution in [-0.4, -0.2) is 50.2 Å². The Morgan fingerprint density at radius 2 is 2.00 bits per heavy atom. The summed E-state index contributed by atoms with van der Waals surface area (Å²) in [6.07, 6.45) is 2.16. The van der Waals surface area contributed by atoms with Gasteiger partial charge in [0.15, 0.2) is 0 Å².